The number of piperidine rings is 1. The molecule has 1 spiro atoms. The lowest BCUT2D eigenvalue weighted by atomic mass is 9.72. The van der Waals surface area contributed by atoms with Crippen LogP contribution >= 0.6 is 0 Å². The van der Waals surface area contributed by atoms with E-state index in [0.29, 0.717) is 23.3 Å². The minimum absolute atomic E-state index is 0.00303. The number of nitrogens with zero attached hydrogens (tertiary/aromatic N) is 1. The number of alkyl halides is 6. The van der Waals surface area contributed by atoms with Crippen LogP contribution in [0.5, 0.6) is 0 Å². The third-order valence-electron chi connectivity index (χ3n) is 8.99. The summed E-state index contributed by atoms with van der Waals surface area (Å²) in [4.78, 5) is 40.7. The van der Waals surface area contributed by atoms with Crippen LogP contribution in [0.2, 0.25) is 0 Å². The normalized spacial score (nSPS) is 24.5. The Morgan fingerprint density at radius 2 is 1.66 bits per heavy atom. The Morgan fingerprint density at radius 3 is 2.18 bits per heavy atom. The number of carbonyl (C=O) groups is 3. The second-order valence-electron chi connectivity index (χ2n) is 11.8. The van der Waals surface area contributed by atoms with Crippen molar-refractivity contribution in [2.24, 2.45) is 11.7 Å². The number of methoxy groups -OCH3 is 1. The predicted molar refractivity (Wildman–Crippen MR) is 143 cm³/mol. The standard InChI is InChI=1S/C30H32F7N3O4/c1-15-9-20(31)5-6-21(15)23-14-28(22(25(42)44-4)13-24(41)39-28)7-8-40(23)26(43)27(3,38)16(2)17-10-18(29(32,33)34)12-19(11-17)30(35,36)37/h5-6,9-12,16,22-23H,7-8,13-14,38H2,1-4H3,(H,39,41)/t16-,22?,23-,27?,28-/m1/s1. The number of hydrogen-bond donors (Lipinski definition) is 2. The lowest BCUT2D eigenvalue weighted by Gasteiger charge is -2.49. The van der Waals surface area contributed by atoms with Crippen molar-refractivity contribution in [2.45, 2.75) is 75.4 Å². The van der Waals surface area contributed by atoms with E-state index in [2.05, 4.69) is 5.32 Å². The molecule has 2 saturated heterocycles. The fraction of sp³-hybridized carbons (Fsp3) is 0.500. The third-order valence-corrected chi connectivity index (χ3v) is 8.99. The molecule has 7 nitrogen and oxygen atoms in total. The quantitative estimate of drug-likeness (QED) is 0.340. The molecule has 2 aliphatic rings. The van der Waals surface area contributed by atoms with Crippen LogP contribution in [0.1, 0.15) is 72.9 Å². The maximum absolute atomic E-state index is 14.2. The molecule has 44 heavy (non-hydrogen) atoms. The first-order chi connectivity index (χ1) is 20.2. The first kappa shape index (κ1) is 33.2. The second kappa shape index (κ2) is 11.4. The van der Waals surface area contributed by atoms with Gasteiger partial charge < -0.3 is 20.7 Å². The summed E-state index contributed by atoms with van der Waals surface area (Å²) in [6, 6.07) is 4.03. The minimum atomic E-state index is -5.10. The lowest BCUT2D eigenvalue weighted by molar-refractivity contribution is -0.150. The zero-order valence-electron chi connectivity index (χ0n) is 24.3. The molecule has 2 aromatic rings. The van der Waals surface area contributed by atoms with Gasteiger partial charge in [-0.1, -0.05) is 13.0 Å². The summed E-state index contributed by atoms with van der Waals surface area (Å²) >= 11 is 0. The summed E-state index contributed by atoms with van der Waals surface area (Å²) in [6.07, 6.45) is -10.3. The van der Waals surface area contributed by atoms with Crippen molar-refractivity contribution in [3.05, 3.63) is 70.0 Å². The molecule has 0 radical (unpaired) electrons. The first-order valence-electron chi connectivity index (χ1n) is 13.8. The van der Waals surface area contributed by atoms with Crippen LogP contribution in [0, 0.1) is 18.7 Å². The largest absolute Gasteiger partial charge is 0.469 e. The van der Waals surface area contributed by atoms with Gasteiger partial charge >= 0.3 is 18.3 Å². The summed E-state index contributed by atoms with van der Waals surface area (Å²) in [6.45, 7) is 3.99. The van der Waals surface area contributed by atoms with Crippen LogP contribution in [0.3, 0.4) is 0 Å². The minimum Gasteiger partial charge on any atom is -0.469 e. The highest BCUT2D eigenvalue weighted by atomic mass is 19.4. The molecule has 2 aliphatic heterocycles. The van der Waals surface area contributed by atoms with Crippen LogP contribution in [-0.2, 0) is 31.5 Å². The summed E-state index contributed by atoms with van der Waals surface area (Å²) in [5.41, 5.74) is 0.714. The summed E-state index contributed by atoms with van der Waals surface area (Å²) < 4.78 is 100. The highest BCUT2D eigenvalue weighted by molar-refractivity contribution is 5.90. The number of hydrogen-bond acceptors (Lipinski definition) is 5. The monoisotopic (exact) mass is 631 g/mol. The number of halogens is 7. The Morgan fingerprint density at radius 1 is 1.07 bits per heavy atom. The van der Waals surface area contributed by atoms with E-state index < -0.39 is 81.6 Å². The van der Waals surface area contributed by atoms with E-state index in [1.54, 1.807) is 6.92 Å². The Hall–Kier alpha value is -3.68. The Balaban J connectivity index is 1.77. The summed E-state index contributed by atoms with van der Waals surface area (Å²) in [5, 5.41) is 2.86. The Bertz CT molecular complexity index is 1440. The lowest BCUT2D eigenvalue weighted by Crippen LogP contribution is -2.62. The van der Waals surface area contributed by atoms with Crippen molar-refractivity contribution in [3.63, 3.8) is 0 Å². The topological polar surface area (TPSA) is 102 Å². The van der Waals surface area contributed by atoms with E-state index in [0.717, 1.165) is 0 Å². The highest BCUT2D eigenvalue weighted by Crippen LogP contribution is 2.47. The predicted octanol–water partition coefficient (Wildman–Crippen LogP) is 5.40. The average Bonchev–Trinajstić information content (AvgIpc) is 3.25. The van der Waals surface area contributed by atoms with Crippen molar-refractivity contribution >= 4 is 17.8 Å². The number of nitrogens with one attached hydrogen (secondary N) is 1. The fourth-order valence-electron chi connectivity index (χ4n) is 6.31. The van der Waals surface area contributed by atoms with Gasteiger partial charge in [-0.25, -0.2) is 4.39 Å². The van der Waals surface area contributed by atoms with Crippen molar-refractivity contribution in [1.82, 2.24) is 10.2 Å². The Labute approximate surface area is 248 Å². The van der Waals surface area contributed by atoms with Crippen molar-refractivity contribution < 1.29 is 49.9 Å². The molecule has 14 heteroatoms. The van der Waals surface area contributed by atoms with Gasteiger partial charge in [0.2, 0.25) is 11.8 Å². The van der Waals surface area contributed by atoms with Crippen LogP contribution in [0.4, 0.5) is 30.7 Å². The van der Waals surface area contributed by atoms with Crippen molar-refractivity contribution in [3.8, 4) is 0 Å². The number of ether oxygens (including phenoxy) is 1. The van der Waals surface area contributed by atoms with E-state index >= 15 is 0 Å². The van der Waals surface area contributed by atoms with Crippen molar-refractivity contribution in [1.29, 1.82) is 0 Å². The molecule has 0 aromatic heterocycles. The summed E-state index contributed by atoms with van der Waals surface area (Å²) in [5.74, 6) is -4.62. The van der Waals surface area contributed by atoms with E-state index in [-0.39, 0.29) is 31.9 Å². The van der Waals surface area contributed by atoms with Gasteiger partial charge in [0, 0.05) is 18.9 Å². The van der Waals surface area contributed by atoms with E-state index in [1.165, 1.54) is 44.1 Å². The molecule has 4 rings (SSSR count). The molecule has 2 amide bonds. The molecule has 2 heterocycles. The molecular formula is C30H32F7N3O4. The van der Waals surface area contributed by atoms with Crippen LogP contribution in [0.15, 0.2) is 36.4 Å². The zero-order chi connectivity index (χ0) is 33.0. The Kier molecular flexibility index (Phi) is 8.57. The molecule has 3 N–H and O–H groups in total. The molecule has 2 aromatic carbocycles. The van der Waals surface area contributed by atoms with E-state index in [4.69, 9.17) is 10.5 Å². The van der Waals surface area contributed by atoms with E-state index in [9.17, 15) is 45.1 Å². The molecule has 5 atom stereocenters. The van der Waals surface area contributed by atoms with Crippen LogP contribution in [0.25, 0.3) is 0 Å². The van der Waals surface area contributed by atoms with Gasteiger partial charge in [-0.15, -0.1) is 0 Å². The summed E-state index contributed by atoms with van der Waals surface area (Å²) in [7, 11) is 1.18. The number of esters is 1. The molecule has 0 aliphatic carbocycles. The van der Waals surface area contributed by atoms with Gasteiger partial charge in [-0.05, 0) is 73.7 Å². The second-order valence-corrected chi connectivity index (χ2v) is 11.8. The van der Waals surface area contributed by atoms with Gasteiger partial charge in [0.25, 0.3) is 0 Å². The molecule has 2 fully saturated rings. The number of aryl methyl sites for hydroxylation is 1. The molecule has 2 unspecified atom stereocenters. The van der Waals surface area contributed by atoms with Crippen LogP contribution in [-0.4, -0.2) is 47.4 Å². The number of benzene rings is 2. The average molecular weight is 632 g/mol. The number of amides is 2. The smallest absolute Gasteiger partial charge is 0.416 e. The van der Waals surface area contributed by atoms with Crippen molar-refractivity contribution in [2.75, 3.05) is 13.7 Å². The third kappa shape index (κ3) is 6.13. The number of carbonyl (C=O) groups excluding carboxylic acids is 3. The first-order valence-corrected chi connectivity index (χ1v) is 13.8. The van der Waals surface area contributed by atoms with Gasteiger partial charge in [-0.3, -0.25) is 14.4 Å². The maximum atomic E-state index is 14.2. The van der Waals surface area contributed by atoms with Gasteiger partial charge in [-0.2, -0.15) is 26.3 Å². The van der Waals surface area contributed by atoms with Gasteiger partial charge in [0.1, 0.15) is 5.82 Å². The molecule has 0 saturated carbocycles. The maximum Gasteiger partial charge on any atom is 0.416 e. The molecular weight excluding hydrogens is 599 g/mol. The van der Waals surface area contributed by atoms with E-state index in [1.807, 2.05) is 0 Å². The zero-order valence-corrected chi connectivity index (χ0v) is 24.3. The highest BCUT2D eigenvalue weighted by Gasteiger charge is 2.56. The number of rotatable bonds is 5. The van der Waals surface area contributed by atoms with Gasteiger partial charge in [0.05, 0.1) is 41.3 Å². The number of nitrogens with two attached hydrogens (primary N) is 1. The SMILES string of the molecule is COC(=O)C1CC(=O)N[C@@]12CCN(C(=O)C(C)(N)[C@H](C)c1cc(C(F)(F)F)cc(C(F)(F)F)c1)[C@@H](c1ccc(F)cc1C)C2. The molecule has 240 valence electrons. The van der Waals surface area contributed by atoms with Crippen LogP contribution < -0.4 is 11.1 Å². The number of likely N-dealkylation sites (tertiary alicyclic amines) is 1. The fourth-order valence-corrected chi connectivity index (χ4v) is 6.31. The van der Waals surface area contributed by atoms with Gasteiger partial charge in [0.15, 0.2) is 0 Å². The molecule has 0 bridgehead atoms.